The van der Waals surface area contributed by atoms with Crippen molar-refractivity contribution < 1.29 is 9.53 Å². The van der Waals surface area contributed by atoms with Crippen LogP contribution < -0.4 is 10.2 Å². The number of methoxy groups -OCH3 is 1. The van der Waals surface area contributed by atoms with E-state index in [9.17, 15) is 4.79 Å². The van der Waals surface area contributed by atoms with E-state index in [1.807, 2.05) is 12.1 Å². The Morgan fingerprint density at radius 1 is 1.10 bits per heavy atom. The number of nitrogens with zero attached hydrogens (tertiary/aromatic N) is 2. The lowest BCUT2D eigenvalue weighted by Gasteiger charge is -2.40. The molecule has 1 N–H and O–H groups in total. The van der Waals surface area contributed by atoms with Gasteiger partial charge in [-0.3, -0.25) is 0 Å². The lowest BCUT2D eigenvalue weighted by atomic mass is 9.73. The highest BCUT2D eigenvalue weighted by molar-refractivity contribution is 5.97. The van der Waals surface area contributed by atoms with Gasteiger partial charge in [-0.15, -0.1) is 0 Å². The molecule has 2 aliphatic rings. The van der Waals surface area contributed by atoms with Gasteiger partial charge < -0.3 is 19.9 Å². The molecule has 4 rings (SSSR count). The molecule has 0 aromatic heterocycles. The van der Waals surface area contributed by atoms with E-state index in [2.05, 4.69) is 66.3 Å². The Hall–Kier alpha value is -2.53. The van der Waals surface area contributed by atoms with Crippen LogP contribution in [0.4, 0.5) is 11.4 Å². The maximum absolute atomic E-state index is 12.4. The summed E-state index contributed by atoms with van der Waals surface area (Å²) in [4.78, 5) is 17.2. The van der Waals surface area contributed by atoms with E-state index in [-0.39, 0.29) is 17.4 Å². The number of para-hydroxylation sites is 1. The number of hydrogen-bond donors (Lipinski definition) is 1. The van der Waals surface area contributed by atoms with Crippen LogP contribution in [0.1, 0.15) is 47.8 Å². The second-order valence-corrected chi connectivity index (χ2v) is 8.89. The zero-order chi connectivity index (χ0) is 20.6. The van der Waals surface area contributed by atoms with Gasteiger partial charge in [0.15, 0.2) is 0 Å². The fraction of sp³-hybridized carbons (Fsp3) is 0.458. The summed E-state index contributed by atoms with van der Waals surface area (Å²) >= 11 is 0. The Balaban J connectivity index is 1.66. The van der Waals surface area contributed by atoms with Gasteiger partial charge in [0.2, 0.25) is 0 Å². The Labute approximate surface area is 173 Å². The molecule has 0 aliphatic carbocycles. The number of carbonyl (C=O) groups excluding carboxylic acids is 1. The van der Waals surface area contributed by atoms with E-state index in [0.717, 1.165) is 38.3 Å². The second-order valence-electron chi connectivity index (χ2n) is 8.89. The third kappa shape index (κ3) is 3.84. The first-order valence-electron chi connectivity index (χ1n) is 10.4. The van der Waals surface area contributed by atoms with Crippen LogP contribution in [0.15, 0.2) is 42.5 Å². The van der Waals surface area contributed by atoms with Crippen LogP contribution in [-0.4, -0.2) is 51.2 Å². The number of piperazine rings is 1. The van der Waals surface area contributed by atoms with Gasteiger partial charge in [0.25, 0.3) is 0 Å². The van der Waals surface area contributed by atoms with Crippen LogP contribution in [0.25, 0.3) is 0 Å². The molecule has 154 valence electrons. The lowest BCUT2D eigenvalue weighted by molar-refractivity contribution is 0.0601. The van der Waals surface area contributed by atoms with Gasteiger partial charge in [0, 0.05) is 31.9 Å². The Morgan fingerprint density at radius 2 is 1.83 bits per heavy atom. The first kappa shape index (κ1) is 19.8. The largest absolute Gasteiger partial charge is 0.465 e. The number of nitrogens with one attached hydrogen (secondary N) is 1. The zero-order valence-electron chi connectivity index (χ0n) is 17.9. The Kier molecular flexibility index (Phi) is 5.26. The van der Waals surface area contributed by atoms with Gasteiger partial charge >= 0.3 is 5.97 Å². The van der Waals surface area contributed by atoms with E-state index in [4.69, 9.17) is 4.74 Å². The standard InChI is InChI=1S/C24H31N3O2/c1-24(2)16-21(25-22-19(23(28)29-4)9-6-10-20(22)24)17-7-5-8-18(15-17)27-13-11-26(3)12-14-27/h5-10,15,21,25H,11-14,16H2,1-4H3. The SMILES string of the molecule is COC(=O)c1cccc2c1NC(c1cccc(N3CCN(C)CC3)c1)CC2(C)C. The van der Waals surface area contributed by atoms with Gasteiger partial charge in [0.05, 0.1) is 24.4 Å². The maximum atomic E-state index is 12.4. The van der Waals surface area contributed by atoms with Crippen molar-refractivity contribution in [1.82, 2.24) is 4.90 Å². The normalized spacial score (nSPS) is 21.2. The zero-order valence-corrected chi connectivity index (χ0v) is 17.9. The molecular formula is C24H31N3O2. The van der Waals surface area contributed by atoms with Crippen LogP contribution in [0.5, 0.6) is 0 Å². The second kappa shape index (κ2) is 7.71. The van der Waals surface area contributed by atoms with Crippen molar-refractivity contribution in [3.63, 3.8) is 0 Å². The molecule has 0 saturated carbocycles. The van der Waals surface area contributed by atoms with Gasteiger partial charge in [-0.1, -0.05) is 38.1 Å². The van der Waals surface area contributed by atoms with Crippen molar-refractivity contribution in [3.8, 4) is 0 Å². The lowest BCUT2D eigenvalue weighted by Crippen LogP contribution is -2.44. The van der Waals surface area contributed by atoms with Crippen molar-refractivity contribution in [2.45, 2.75) is 31.7 Å². The summed E-state index contributed by atoms with van der Waals surface area (Å²) in [7, 11) is 3.62. The molecule has 0 amide bonds. The van der Waals surface area contributed by atoms with Crippen LogP contribution in [0.3, 0.4) is 0 Å². The predicted octanol–water partition coefficient (Wildman–Crippen LogP) is 4.06. The van der Waals surface area contributed by atoms with Crippen LogP contribution in [0.2, 0.25) is 0 Å². The first-order valence-corrected chi connectivity index (χ1v) is 10.4. The summed E-state index contributed by atoms with van der Waals surface area (Å²) in [5.74, 6) is -0.294. The predicted molar refractivity (Wildman–Crippen MR) is 118 cm³/mol. The highest BCUT2D eigenvalue weighted by Crippen LogP contribution is 2.45. The number of ether oxygens (including phenoxy) is 1. The van der Waals surface area contributed by atoms with Crippen molar-refractivity contribution >= 4 is 17.3 Å². The summed E-state index contributed by atoms with van der Waals surface area (Å²) in [5, 5.41) is 3.66. The highest BCUT2D eigenvalue weighted by atomic mass is 16.5. The number of likely N-dealkylation sites (N-methyl/N-ethyl adjacent to an activating group) is 1. The molecule has 2 aromatic rings. The van der Waals surface area contributed by atoms with E-state index >= 15 is 0 Å². The van der Waals surface area contributed by atoms with E-state index < -0.39 is 0 Å². The number of carbonyl (C=O) groups is 1. The molecule has 2 aromatic carbocycles. The molecule has 5 nitrogen and oxygen atoms in total. The fourth-order valence-corrected chi connectivity index (χ4v) is 4.60. The molecule has 5 heteroatoms. The molecule has 1 fully saturated rings. The third-order valence-corrected chi connectivity index (χ3v) is 6.37. The molecule has 2 aliphatic heterocycles. The topological polar surface area (TPSA) is 44.8 Å². The minimum absolute atomic E-state index is 0.0425. The molecule has 0 radical (unpaired) electrons. The smallest absolute Gasteiger partial charge is 0.339 e. The molecule has 2 heterocycles. The van der Waals surface area contributed by atoms with Crippen molar-refractivity contribution in [1.29, 1.82) is 0 Å². The number of fused-ring (bicyclic) bond motifs is 1. The van der Waals surface area contributed by atoms with Gasteiger partial charge in [-0.05, 0) is 48.2 Å². The molecule has 0 bridgehead atoms. The number of anilines is 2. The quantitative estimate of drug-likeness (QED) is 0.797. The first-order chi connectivity index (χ1) is 13.9. The van der Waals surface area contributed by atoms with Crippen LogP contribution in [-0.2, 0) is 10.2 Å². The number of rotatable bonds is 3. The molecule has 1 atom stereocenters. The molecular weight excluding hydrogens is 362 g/mol. The van der Waals surface area contributed by atoms with Crippen LogP contribution in [0, 0.1) is 0 Å². The Bertz CT molecular complexity index is 901. The summed E-state index contributed by atoms with van der Waals surface area (Å²) in [5.41, 5.74) is 5.19. The average Bonchev–Trinajstić information content (AvgIpc) is 2.73. The Morgan fingerprint density at radius 3 is 2.55 bits per heavy atom. The van der Waals surface area contributed by atoms with Crippen molar-refractivity contribution in [2.24, 2.45) is 0 Å². The summed E-state index contributed by atoms with van der Waals surface area (Å²) in [6, 6.07) is 14.9. The highest BCUT2D eigenvalue weighted by Gasteiger charge is 2.35. The number of hydrogen-bond acceptors (Lipinski definition) is 5. The molecule has 1 saturated heterocycles. The van der Waals surface area contributed by atoms with E-state index in [1.165, 1.54) is 23.9 Å². The van der Waals surface area contributed by atoms with Gasteiger partial charge in [-0.2, -0.15) is 0 Å². The van der Waals surface area contributed by atoms with E-state index in [0.29, 0.717) is 5.56 Å². The van der Waals surface area contributed by atoms with Crippen molar-refractivity contribution in [3.05, 3.63) is 59.2 Å². The minimum Gasteiger partial charge on any atom is -0.465 e. The van der Waals surface area contributed by atoms with Gasteiger partial charge in [-0.25, -0.2) is 4.79 Å². The number of benzene rings is 2. The summed E-state index contributed by atoms with van der Waals surface area (Å²) < 4.78 is 5.03. The number of esters is 1. The van der Waals surface area contributed by atoms with Crippen molar-refractivity contribution in [2.75, 3.05) is 50.6 Å². The monoisotopic (exact) mass is 393 g/mol. The third-order valence-electron chi connectivity index (χ3n) is 6.37. The van der Waals surface area contributed by atoms with E-state index in [1.54, 1.807) is 0 Å². The molecule has 1 unspecified atom stereocenters. The maximum Gasteiger partial charge on any atom is 0.339 e. The fourth-order valence-electron chi connectivity index (χ4n) is 4.60. The molecule has 0 spiro atoms. The minimum atomic E-state index is -0.294. The van der Waals surface area contributed by atoms with Crippen LogP contribution >= 0.6 is 0 Å². The summed E-state index contributed by atoms with van der Waals surface area (Å²) in [6.45, 7) is 8.80. The van der Waals surface area contributed by atoms with Gasteiger partial charge in [0.1, 0.15) is 0 Å². The molecule has 29 heavy (non-hydrogen) atoms. The average molecular weight is 394 g/mol. The summed E-state index contributed by atoms with van der Waals surface area (Å²) in [6.07, 6.45) is 0.969.